The Hall–Kier alpha value is -0.770. The van der Waals surface area contributed by atoms with Crippen molar-refractivity contribution in [2.45, 2.75) is 51.0 Å². The lowest BCUT2D eigenvalue weighted by Gasteiger charge is -2.20. The van der Waals surface area contributed by atoms with Crippen molar-refractivity contribution in [3.8, 4) is 0 Å². The molecule has 3 aliphatic carbocycles. The van der Waals surface area contributed by atoms with Crippen LogP contribution in [0.5, 0.6) is 0 Å². The number of likely N-dealkylation sites (tertiary alicyclic amines) is 1. The molecule has 0 aromatic carbocycles. The van der Waals surface area contributed by atoms with Crippen molar-refractivity contribution in [3.05, 3.63) is 0 Å². The number of guanidine groups is 1. The van der Waals surface area contributed by atoms with E-state index in [0.717, 1.165) is 48.8 Å². The van der Waals surface area contributed by atoms with Gasteiger partial charge < -0.3 is 15.5 Å². The molecule has 0 amide bonds. The van der Waals surface area contributed by atoms with E-state index in [2.05, 4.69) is 20.5 Å². The van der Waals surface area contributed by atoms with E-state index >= 15 is 0 Å². The van der Waals surface area contributed by atoms with E-state index in [1.165, 1.54) is 58.0 Å². The second-order valence-corrected chi connectivity index (χ2v) is 8.05. The summed E-state index contributed by atoms with van der Waals surface area (Å²) < 4.78 is 0. The van der Waals surface area contributed by atoms with Crippen LogP contribution in [-0.2, 0) is 0 Å². The third kappa shape index (κ3) is 3.76. The summed E-state index contributed by atoms with van der Waals surface area (Å²) in [5.41, 5.74) is 0. The minimum atomic E-state index is 0.807. The van der Waals surface area contributed by atoms with E-state index < -0.39 is 0 Å². The van der Waals surface area contributed by atoms with Gasteiger partial charge in [-0.05, 0) is 75.2 Å². The molecule has 1 saturated heterocycles. The van der Waals surface area contributed by atoms with Gasteiger partial charge in [0.2, 0.25) is 0 Å². The third-order valence-electron chi connectivity index (χ3n) is 6.12. The summed E-state index contributed by atoms with van der Waals surface area (Å²) in [6.07, 6.45) is 10.1. The predicted molar refractivity (Wildman–Crippen MR) is 91.0 cm³/mol. The number of rotatable bonds is 7. The molecule has 0 aromatic rings. The molecule has 22 heavy (non-hydrogen) atoms. The molecular formula is C18H32N4. The first kappa shape index (κ1) is 14.8. The summed E-state index contributed by atoms with van der Waals surface area (Å²) in [4.78, 5) is 7.12. The lowest BCUT2D eigenvalue weighted by atomic mass is 9.98. The number of nitrogens with zero attached hydrogens (tertiary/aromatic N) is 2. The Kier molecular flexibility index (Phi) is 4.29. The van der Waals surface area contributed by atoms with Crippen molar-refractivity contribution in [3.63, 3.8) is 0 Å². The first-order valence-corrected chi connectivity index (χ1v) is 9.52. The van der Waals surface area contributed by atoms with Crippen LogP contribution in [0.2, 0.25) is 0 Å². The minimum Gasteiger partial charge on any atom is -0.356 e. The molecule has 1 aliphatic heterocycles. The molecule has 124 valence electrons. The molecule has 0 radical (unpaired) electrons. The van der Waals surface area contributed by atoms with Gasteiger partial charge in [-0.15, -0.1) is 0 Å². The summed E-state index contributed by atoms with van der Waals surface area (Å²) in [5, 5.41) is 7.19. The van der Waals surface area contributed by atoms with E-state index in [4.69, 9.17) is 0 Å². The molecule has 2 N–H and O–H groups in total. The average Bonchev–Trinajstić information content (AvgIpc) is 3.37. The van der Waals surface area contributed by atoms with Crippen molar-refractivity contribution in [2.75, 3.05) is 33.2 Å². The van der Waals surface area contributed by atoms with E-state index in [9.17, 15) is 0 Å². The molecule has 4 nitrogen and oxygen atoms in total. The van der Waals surface area contributed by atoms with Crippen molar-refractivity contribution >= 4 is 5.96 Å². The zero-order chi connectivity index (χ0) is 14.9. The minimum absolute atomic E-state index is 0.807. The molecule has 0 unspecified atom stereocenters. The van der Waals surface area contributed by atoms with Gasteiger partial charge in [-0.25, -0.2) is 0 Å². The Bertz CT molecular complexity index is 397. The molecular weight excluding hydrogens is 272 g/mol. The Labute approximate surface area is 135 Å². The van der Waals surface area contributed by atoms with Crippen LogP contribution in [0.25, 0.3) is 0 Å². The van der Waals surface area contributed by atoms with Crippen LogP contribution in [0.1, 0.15) is 44.9 Å². The standard InChI is InChI=1S/C18H32N4/c1-19-18(21-11-17(14-2-3-14)15-4-5-15)20-10-13-8-9-22(12-13)16-6-7-16/h13-17H,2-12H2,1H3,(H2,19,20,21)/t13-/m0/s1. The normalized spacial score (nSPS) is 30.1. The lowest BCUT2D eigenvalue weighted by molar-refractivity contribution is 0.314. The highest BCUT2D eigenvalue weighted by Crippen LogP contribution is 2.48. The van der Waals surface area contributed by atoms with Crippen LogP contribution in [0.4, 0.5) is 0 Å². The van der Waals surface area contributed by atoms with E-state index in [-0.39, 0.29) is 0 Å². The molecule has 4 aliphatic rings. The molecule has 3 saturated carbocycles. The number of hydrogen-bond acceptors (Lipinski definition) is 2. The highest BCUT2D eigenvalue weighted by molar-refractivity contribution is 5.79. The van der Waals surface area contributed by atoms with Gasteiger partial charge in [-0.1, -0.05) is 0 Å². The van der Waals surface area contributed by atoms with Gasteiger partial charge in [0.1, 0.15) is 0 Å². The van der Waals surface area contributed by atoms with Gasteiger partial charge in [-0.3, -0.25) is 4.99 Å². The quantitative estimate of drug-likeness (QED) is 0.559. The first-order valence-electron chi connectivity index (χ1n) is 9.52. The molecule has 4 rings (SSSR count). The molecule has 1 heterocycles. The summed E-state index contributed by atoms with van der Waals surface area (Å²) in [7, 11) is 1.91. The Morgan fingerprint density at radius 3 is 2.36 bits per heavy atom. The highest BCUT2D eigenvalue weighted by Gasteiger charge is 2.41. The van der Waals surface area contributed by atoms with Gasteiger partial charge in [0.15, 0.2) is 5.96 Å². The van der Waals surface area contributed by atoms with Crippen molar-refractivity contribution in [1.82, 2.24) is 15.5 Å². The molecule has 1 atom stereocenters. The lowest BCUT2D eigenvalue weighted by Crippen LogP contribution is -2.42. The SMILES string of the molecule is CN=C(NCC(C1CC1)C1CC1)NC[C@@H]1CCN(C2CC2)C1. The maximum Gasteiger partial charge on any atom is 0.190 e. The third-order valence-corrected chi connectivity index (χ3v) is 6.12. The van der Waals surface area contributed by atoms with Gasteiger partial charge in [-0.2, -0.15) is 0 Å². The summed E-state index contributed by atoms with van der Waals surface area (Å²) in [6, 6.07) is 0.931. The molecule has 4 heteroatoms. The fourth-order valence-corrected chi connectivity index (χ4v) is 4.24. The maximum atomic E-state index is 4.43. The maximum absolute atomic E-state index is 4.43. The number of hydrogen-bond donors (Lipinski definition) is 2. The van der Waals surface area contributed by atoms with Crippen LogP contribution in [-0.4, -0.2) is 50.1 Å². The molecule has 4 fully saturated rings. The summed E-state index contributed by atoms with van der Waals surface area (Å²) in [5.74, 6) is 4.77. The second kappa shape index (κ2) is 6.38. The van der Waals surface area contributed by atoms with Gasteiger partial charge >= 0.3 is 0 Å². The van der Waals surface area contributed by atoms with Crippen molar-refractivity contribution in [1.29, 1.82) is 0 Å². The topological polar surface area (TPSA) is 39.7 Å². The number of nitrogens with one attached hydrogen (secondary N) is 2. The van der Waals surface area contributed by atoms with Crippen molar-refractivity contribution in [2.24, 2.45) is 28.7 Å². The largest absolute Gasteiger partial charge is 0.356 e. The monoisotopic (exact) mass is 304 g/mol. The van der Waals surface area contributed by atoms with Crippen LogP contribution in [0.3, 0.4) is 0 Å². The highest BCUT2D eigenvalue weighted by atomic mass is 15.2. The van der Waals surface area contributed by atoms with Crippen molar-refractivity contribution < 1.29 is 0 Å². The predicted octanol–water partition coefficient (Wildman–Crippen LogP) is 2.07. The average molecular weight is 304 g/mol. The van der Waals surface area contributed by atoms with Gasteiger partial charge in [0.05, 0.1) is 0 Å². The molecule has 0 bridgehead atoms. The fraction of sp³-hybridized carbons (Fsp3) is 0.944. The van der Waals surface area contributed by atoms with E-state index in [1.54, 1.807) is 0 Å². The van der Waals surface area contributed by atoms with Crippen LogP contribution in [0, 0.1) is 23.7 Å². The van der Waals surface area contributed by atoms with Crippen LogP contribution in [0.15, 0.2) is 4.99 Å². The zero-order valence-corrected chi connectivity index (χ0v) is 14.1. The summed E-state index contributed by atoms with van der Waals surface area (Å²) in [6.45, 7) is 4.82. The Morgan fingerprint density at radius 2 is 1.77 bits per heavy atom. The van der Waals surface area contributed by atoms with Gasteiger partial charge in [0.25, 0.3) is 0 Å². The second-order valence-electron chi connectivity index (χ2n) is 8.05. The zero-order valence-electron chi connectivity index (χ0n) is 14.1. The van der Waals surface area contributed by atoms with Gasteiger partial charge in [0, 0.05) is 32.7 Å². The van der Waals surface area contributed by atoms with E-state index in [1.807, 2.05) is 7.05 Å². The summed E-state index contributed by atoms with van der Waals surface area (Å²) >= 11 is 0. The molecule has 0 spiro atoms. The van der Waals surface area contributed by atoms with E-state index in [0.29, 0.717) is 0 Å². The first-order chi connectivity index (χ1) is 10.8. The van der Waals surface area contributed by atoms with Crippen LogP contribution < -0.4 is 10.6 Å². The number of aliphatic imine (C=N–C) groups is 1. The smallest absolute Gasteiger partial charge is 0.190 e. The van der Waals surface area contributed by atoms with Crippen LogP contribution >= 0.6 is 0 Å². The Balaban J connectivity index is 1.17. The Morgan fingerprint density at radius 1 is 1.05 bits per heavy atom. The molecule has 0 aromatic heterocycles. The fourth-order valence-electron chi connectivity index (χ4n) is 4.24.